The SMILES string of the molecule is COc1ccc(Br)c(-c2nc(C)n(C)c2N)c1. The maximum absolute atomic E-state index is 6.03. The van der Waals surface area contributed by atoms with Gasteiger partial charge in [-0.25, -0.2) is 4.98 Å². The van der Waals surface area contributed by atoms with E-state index < -0.39 is 0 Å². The lowest BCUT2D eigenvalue weighted by molar-refractivity contribution is 0.415. The Morgan fingerprint density at radius 2 is 2.12 bits per heavy atom. The molecule has 4 nitrogen and oxygen atoms in total. The van der Waals surface area contributed by atoms with Gasteiger partial charge in [0.2, 0.25) is 0 Å². The number of hydrogen-bond acceptors (Lipinski definition) is 3. The normalized spacial score (nSPS) is 10.6. The Kier molecular flexibility index (Phi) is 3.11. The van der Waals surface area contributed by atoms with Crippen LogP contribution >= 0.6 is 15.9 Å². The molecule has 0 unspecified atom stereocenters. The Labute approximate surface area is 109 Å². The molecule has 0 bridgehead atoms. The zero-order valence-electron chi connectivity index (χ0n) is 9.99. The van der Waals surface area contributed by atoms with Crippen LogP contribution in [0.25, 0.3) is 11.3 Å². The van der Waals surface area contributed by atoms with Gasteiger partial charge in [0, 0.05) is 17.1 Å². The summed E-state index contributed by atoms with van der Waals surface area (Å²) in [7, 11) is 3.54. The number of anilines is 1. The van der Waals surface area contributed by atoms with E-state index in [2.05, 4.69) is 20.9 Å². The van der Waals surface area contributed by atoms with Gasteiger partial charge in [0.15, 0.2) is 0 Å². The number of nitrogens with zero attached hydrogens (tertiary/aromatic N) is 2. The van der Waals surface area contributed by atoms with Crippen molar-refractivity contribution in [3.8, 4) is 17.0 Å². The number of ether oxygens (including phenoxy) is 1. The molecule has 0 saturated carbocycles. The molecule has 0 radical (unpaired) electrons. The Hall–Kier alpha value is -1.49. The molecule has 0 saturated heterocycles. The van der Waals surface area contributed by atoms with E-state index in [1.807, 2.05) is 36.7 Å². The number of imidazole rings is 1. The first kappa shape index (κ1) is 12.0. The molecule has 0 amide bonds. The smallest absolute Gasteiger partial charge is 0.131 e. The molecule has 2 aromatic rings. The summed E-state index contributed by atoms with van der Waals surface area (Å²) < 4.78 is 8.02. The molecule has 2 N–H and O–H groups in total. The maximum Gasteiger partial charge on any atom is 0.131 e. The molecule has 5 heteroatoms. The summed E-state index contributed by atoms with van der Waals surface area (Å²) in [5.41, 5.74) is 7.74. The lowest BCUT2D eigenvalue weighted by Gasteiger charge is -2.06. The number of hydrogen-bond donors (Lipinski definition) is 1. The van der Waals surface area contributed by atoms with E-state index in [-0.39, 0.29) is 0 Å². The van der Waals surface area contributed by atoms with Gasteiger partial charge < -0.3 is 15.0 Å². The van der Waals surface area contributed by atoms with Crippen molar-refractivity contribution in [3.63, 3.8) is 0 Å². The van der Waals surface area contributed by atoms with Crippen molar-refractivity contribution < 1.29 is 4.74 Å². The Morgan fingerprint density at radius 3 is 2.65 bits per heavy atom. The topological polar surface area (TPSA) is 53.1 Å². The number of methoxy groups -OCH3 is 1. The quantitative estimate of drug-likeness (QED) is 0.927. The standard InChI is InChI=1S/C12H14BrN3O/c1-7-15-11(12(14)16(7)2)9-6-8(17-3)4-5-10(9)13/h4-6H,14H2,1-3H3. The minimum absolute atomic E-state index is 0.649. The third-order valence-electron chi connectivity index (χ3n) is 2.79. The fourth-order valence-electron chi connectivity index (χ4n) is 1.64. The first-order valence-electron chi connectivity index (χ1n) is 5.17. The van der Waals surface area contributed by atoms with Gasteiger partial charge in [-0.05, 0) is 25.1 Å². The average molecular weight is 296 g/mol. The highest BCUT2D eigenvalue weighted by Crippen LogP contribution is 2.34. The highest BCUT2D eigenvalue weighted by atomic mass is 79.9. The number of nitrogens with two attached hydrogens (primary N) is 1. The van der Waals surface area contributed by atoms with Crippen LogP contribution in [0.5, 0.6) is 5.75 Å². The lowest BCUT2D eigenvalue weighted by atomic mass is 10.1. The number of benzene rings is 1. The van der Waals surface area contributed by atoms with Gasteiger partial charge in [0.25, 0.3) is 0 Å². The fourth-order valence-corrected chi connectivity index (χ4v) is 2.07. The van der Waals surface area contributed by atoms with Crippen LogP contribution in [0.4, 0.5) is 5.82 Å². The molecule has 0 fully saturated rings. The van der Waals surface area contributed by atoms with Crippen molar-refractivity contribution in [2.45, 2.75) is 6.92 Å². The Bertz CT molecular complexity index is 563. The van der Waals surface area contributed by atoms with Crippen molar-refractivity contribution >= 4 is 21.7 Å². The molecule has 2 rings (SSSR count). The first-order chi connectivity index (χ1) is 8.04. The van der Waals surface area contributed by atoms with E-state index in [1.165, 1.54) is 0 Å². The van der Waals surface area contributed by atoms with Crippen LogP contribution in [-0.4, -0.2) is 16.7 Å². The molecule has 1 aromatic heterocycles. The molecule has 0 atom stereocenters. The van der Waals surface area contributed by atoms with Crippen molar-refractivity contribution in [1.82, 2.24) is 9.55 Å². The van der Waals surface area contributed by atoms with Crippen molar-refractivity contribution in [2.24, 2.45) is 7.05 Å². The van der Waals surface area contributed by atoms with E-state index in [0.717, 1.165) is 27.3 Å². The minimum Gasteiger partial charge on any atom is -0.497 e. The zero-order chi connectivity index (χ0) is 12.6. The van der Waals surface area contributed by atoms with Crippen molar-refractivity contribution in [3.05, 3.63) is 28.5 Å². The van der Waals surface area contributed by atoms with Crippen LogP contribution in [0.1, 0.15) is 5.82 Å². The third-order valence-corrected chi connectivity index (χ3v) is 3.48. The molecular formula is C12H14BrN3O. The van der Waals surface area contributed by atoms with E-state index in [9.17, 15) is 0 Å². The summed E-state index contributed by atoms with van der Waals surface area (Å²) in [5.74, 6) is 2.31. The summed E-state index contributed by atoms with van der Waals surface area (Å²) in [6.45, 7) is 1.92. The fraction of sp³-hybridized carbons (Fsp3) is 0.250. The summed E-state index contributed by atoms with van der Waals surface area (Å²) in [6.07, 6.45) is 0. The highest BCUT2D eigenvalue weighted by Gasteiger charge is 2.14. The zero-order valence-corrected chi connectivity index (χ0v) is 11.6. The van der Waals surface area contributed by atoms with Crippen LogP contribution in [0.3, 0.4) is 0 Å². The lowest BCUT2D eigenvalue weighted by Crippen LogP contribution is -1.98. The second kappa shape index (κ2) is 4.41. The van der Waals surface area contributed by atoms with Crippen LogP contribution in [-0.2, 0) is 7.05 Å². The van der Waals surface area contributed by atoms with Gasteiger partial charge in [0.1, 0.15) is 23.1 Å². The molecule has 17 heavy (non-hydrogen) atoms. The van der Waals surface area contributed by atoms with Gasteiger partial charge in [-0.3, -0.25) is 0 Å². The molecule has 1 heterocycles. The van der Waals surface area contributed by atoms with Gasteiger partial charge in [0.05, 0.1) is 7.11 Å². The molecule has 0 aliphatic carbocycles. The number of nitrogen functional groups attached to an aromatic ring is 1. The van der Waals surface area contributed by atoms with Gasteiger partial charge >= 0.3 is 0 Å². The van der Waals surface area contributed by atoms with Gasteiger partial charge in [-0.15, -0.1) is 0 Å². The van der Waals surface area contributed by atoms with Gasteiger partial charge in [-0.2, -0.15) is 0 Å². The number of halogens is 1. The molecule has 0 aliphatic rings. The summed E-state index contributed by atoms with van der Waals surface area (Å²) in [6, 6.07) is 5.74. The van der Waals surface area contributed by atoms with Crippen LogP contribution < -0.4 is 10.5 Å². The largest absolute Gasteiger partial charge is 0.497 e. The Morgan fingerprint density at radius 1 is 1.41 bits per heavy atom. The molecule has 90 valence electrons. The van der Waals surface area contributed by atoms with Crippen molar-refractivity contribution in [1.29, 1.82) is 0 Å². The molecular weight excluding hydrogens is 282 g/mol. The minimum atomic E-state index is 0.649. The second-order valence-electron chi connectivity index (χ2n) is 3.80. The summed E-state index contributed by atoms with van der Waals surface area (Å²) >= 11 is 3.50. The maximum atomic E-state index is 6.03. The van der Waals surface area contributed by atoms with Crippen LogP contribution in [0, 0.1) is 6.92 Å². The second-order valence-corrected chi connectivity index (χ2v) is 4.65. The van der Waals surface area contributed by atoms with Crippen LogP contribution in [0.15, 0.2) is 22.7 Å². The predicted molar refractivity (Wildman–Crippen MR) is 72.0 cm³/mol. The van der Waals surface area contributed by atoms with Gasteiger partial charge in [-0.1, -0.05) is 15.9 Å². The summed E-state index contributed by atoms with van der Waals surface area (Å²) in [5, 5.41) is 0. The summed E-state index contributed by atoms with van der Waals surface area (Å²) in [4.78, 5) is 4.47. The first-order valence-corrected chi connectivity index (χ1v) is 5.96. The van der Waals surface area contributed by atoms with Crippen LogP contribution in [0.2, 0.25) is 0 Å². The molecule has 1 aromatic carbocycles. The Balaban J connectivity index is 2.63. The molecule has 0 spiro atoms. The van der Waals surface area contributed by atoms with E-state index >= 15 is 0 Å². The highest BCUT2D eigenvalue weighted by molar-refractivity contribution is 9.10. The van der Waals surface area contributed by atoms with E-state index in [0.29, 0.717) is 5.82 Å². The number of aryl methyl sites for hydroxylation is 1. The monoisotopic (exact) mass is 295 g/mol. The van der Waals surface area contributed by atoms with Crippen molar-refractivity contribution in [2.75, 3.05) is 12.8 Å². The predicted octanol–water partition coefficient (Wildman–Crippen LogP) is 2.75. The molecule has 0 aliphatic heterocycles. The average Bonchev–Trinajstić information content (AvgIpc) is 2.58. The van der Waals surface area contributed by atoms with E-state index in [4.69, 9.17) is 10.5 Å². The number of rotatable bonds is 2. The number of aromatic nitrogens is 2. The third kappa shape index (κ3) is 2.02. The van der Waals surface area contributed by atoms with E-state index in [1.54, 1.807) is 7.11 Å².